The fraction of sp³-hybridized carbons (Fsp3) is 0.517. The monoisotopic (exact) mass is 590 g/mol. The Morgan fingerprint density at radius 1 is 0.975 bits per heavy atom. The lowest BCUT2D eigenvalue weighted by Gasteiger charge is -2.30. The summed E-state index contributed by atoms with van der Waals surface area (Å²) in [6.07, 6.45) is 2.40. The normalized spacial score (nSPS) is 17.4. The topological polar surface area (TPSA) is 99.3 Å². The molecular formula is C29H39ClN4O5S. The number of amides is 2. The van der Waals surface area contributed by atoms with Gasteiger partial charge in [0.25, 0.3) is 0 Å². The third kappa shape index (κ3) is 8.27. The molecule has 9 nitrogen and oxygen atoms in total. The van der Waals surface area contributed by atoms with E-state index in [9.17, 15) is 18.0 Å². The van der Waals surface area contributed by atoms with E-state index >= 15 is 0 Å². The van der Waals surface area contributed by atoms with Crippen LogP contribution in [0.15, 0.2) is 53.4 Å². The van der Waals surface area contributed by atoms with Crippen LogP contribution in [0.5, 0.6) is 0 Å². The van der Waals surface area contributed by atoms with E-state index in [1.165, 1.54) is 4.31 Å². The van der Waals surface area contributed by atoms with Crippen LogP contribution in [0.25, 0.3) is 0 Å². The van der Waals surface area contributed by atoms with E-state index in [0.29, 0.717) is 44.3 Å². The van der Waals surface area contributed by atoms with Crippen LogP contribution < -0.4 is 5.32 Å². The largest absolute Gasteiger partial charge is 0.379 e. The maximum Gasteiger partial charge on any atom is 0.243 e. The molecule has 0 bridgehead atoms. The molecule has 2 saturated heterocycles. The Bertz CT molecular complexity index is 1230. The Hall–Kier alpha value is -2.50. The van der Waals surface area contributed by atoms with Crippen molar-refractivity contribution in [3.63, 3.8) is 0 Å². The summed E-state index contributed by atoms with van der Waals surface area (Å²) >= 11 is 6.04. The number of halogens is 1. The van der Waals surface area contributed by atoms with Gasteiger partial charge < -0.3 is 15.0 Å². The van der Waals surface area contributed by atoms with Crippen molar-refractivity contribution in [1.82, 2.24) is 19.4 Å². The number of hydrogen-bond acceptors (Lipinski definition) is 6. The predicted molar refractivity (Wildman–Crippen MR) is 154 cm³/mol. The average Bonchev–Trinajstić information content (AvgIpc) is 3.52. The second-order valence-electron chi connectivity index (χ2n) is 10.3. The van der Waals surface area contributed by atoms with Gasteiger partial charge in [0.1, 0.15) is 6.04 Å². The molecular weight excluding hydrogens is 552 g/mol. The standard InChI is InChI=1S/C29H39ClN4O5S/c1-23(29(36)31-14-17-32-18-20-39-21-19-32)34(22-25-4-9-26(30)10-5-25)28(35)13-8-24-6-11-27(12-7-24)40(37,38)33-15-2-3-16-33/h4-7,9-12,23H,2-3,8,13-22H2,1H3,(H,31,36)/t23-/m1/s1. The summed E-state index contributed by atoms with van der Waals surface area (Å²) in [5.41, 5.74) is 1.74. The van der Waals surface area contributed by atoms with Crippen molar-refractivity contribution in [2.45, 2.75) is 50.1 Å². The predicted octanol–water partition coefficient (Wildman–Crippen LogP) is 2.92. The molecule has 0 unspecified atom stereocenters. The van der Waals surface area contributed by atoms with Crippen molar-refractivity contribution < 1.29 is 22.7 Å². The summed E-state index contributed by atoms with van der Waals surface area (Å²) < 4.78 is 32.5. The first kappa shape index (κ1) is 30.5. The quantitative estimate of drug-likeness (QED) is 0.408. The van der Waals surface area contributed by atoms with Gasteiger partial charge in [-0.05, 0) is 61.6 Å². The highest BCUT2D eigenvalue weighted by Crippen LogP contribution is 2.22. The highest BCUT2D eigenvalue weighted by atomic mass is 35.5. The van der Waals surface area contributed by atoms with Gasteiger partial charge in [-0.1, -0.05) is 35.9 Å². The van der Waals surface area contributed by atoms with Gasteiger partial charge in [-0.25, -0.2) is 8.42 Å². The van der Waals surface area contributed by atoms with Gasteiger partial charge in [0.05, 0.1) is 18.1 Å². The molecule has 0 aliphatic carbocycles. The molecule has 0 aromatic heterocycles. The number of nitrogens with zero attached hydrogens (tertiary/aromatic N) is 3. The first-order valence-corrected chi connectivity index (χ1v) is 15.8. The number of benzene rings is 2. The zero-order chi connectivity index (χ0) is 28.5. The van der Waals surface area contributed by atoms with Crippen LogP contribution in [0.1, 0.15) is 37.3 Å². The Balaban J connectivity index is 1.37. The molecule has 2 amide bonds. The van der Waals surface area contributed by atoms with Gasteiger partial charge in [0.15, 0.2) is 0 Å². The van der Waals surface area contributed by atoms with Crippen LogP contribution in [0.4, 0.5) is 0 Å². The molecule has 2 fully saturated rings. The molecule has 2 heterocycles. The first-order valence-electron chi connectivity index (χ1n) is 13.9. The molecule has 1 atom stereocenters. The molecule has 0 spiro atoms. The number of hydrogen-bond donors (Lipinski definition) is 1. The van der Waals surface area contributed by atoms with Gasteiger partial charge in [0.2, 0.25) is 21.8 Å². The summed E-state index contributed by atoms with van der Waals surface area (Å²) in [7, 11) is -3.48. The molecule has 2 aromatic carbocycles. The van der Waals surface area contributed by atoms with Gasteiger partial charge in [-0.2, -0.15) is 4.31 Å². The lowest BCUT2D eigenvalue weighted by Crippen LogP contribution is -2.49. The van der Waals surface area contributed by atoms with E-state index < -0.39 is 16.1 Å². The number of nitrogens with one attached hydrogen (secondary N) is 1. The zero-order valence-corrected chi connectivity index (χ0v) is 24.6. The lowest BCUT2D eigenvalue weighted by atomic mass is 10.1. The SMILES string of the molecule is C[C@H](C(=O)NCCN1CCOCC1)N(Cc1ccc(Cl)cc1)C(=O)CCc1ccc(S(=O)(=O)N2CCCC2)cc1. The summed E-state index contributed by atoms with van der Waals surface area (Å²) in [6.45, 7) is 7.46. The second kappa shape index (κ2) is 14.4. The van der Waals surface area contributed by atoms with Crippen molar-refractivity contribution in [1.29, 1.82) is 0 Å². The van der Waals surface area contributed by atoms with Crippen LogP contribution >= 0.6 is 11.6 Å². The number of carbonyl (C=O) groups excluding carboxylic acids is 2. The minimum atomic E-state index is -3.48. The smallest absolute Gasteiger partial charge is 0.243 e. The molecule has 11 heteroatoms. The highest BCUT2D eigenvalue weighted by Gasteiger charge is 2.28. The van der Waals surface area contributed by atoms with Crippen LogP contribution in [0.3, 0.4) is 0 Å². The molecule has 0 radical (unpaired) electrons. The molecule has 2 aromatic rings. The van der Waals surface area contributed by atoms with Crippen molar-refractivity contribution in [2.75, 3.05) is 52.5 Å². The van der Waals surface area contributed by atoms with E-state index in [-0.39, 0.29) is 29.7 Å². The maximum atomic E-state index is 13.5. The van der Waals surface area contributed by atoms with Gasteiger partial charge in [-0.3, -0.25) is 14.5 Å². The Kier molecular flexibility index (Phi) is 11.0. The zero-order valence-electron chi connectivity index (χ0n) is 23.1. The molecule has 0 saturated carbocycles. The van der Waals surface area contributed by atoms with Gasteiger partial charge >= 0.3 is 0 Å². The van der Waals surface area contributed by atoms with Gasteiger partial charge in [0, 0.05) is 57.3 Å². The third-order valence-corrected chi connectivity index (χ3v) is 9.68. The Morgan fingerprint density at radius 2 is 1.60 bits per heavy atom. The molecule has 218 valence electrons. The first-order chi connectivity index (χ1) is 19.2. The summed E-state index contributed by atoms with van der Waals surface area (Å²) in [5.74, 6) is -0.355. The van der Waals surface area contributed by atoms with E-state index in [0.717, 1.165) is 43.6 Å². The van der Waals surface area contributed by atoms with Gasteiger partial charge in [-0.15, -0.1) is 0 Å². The van der Waals surface area contributed by atoms with Crippen molar-refractivity contribution in [3.05, 3.63) is 64.7 Å². The number of morpholine rings is 1. The van der Waals surface area contributed by atoms with Crippen LogP contribution in [0, 0.1) is 0 Å². The highest BCUT2D eigenvalue weighted by molar-refractivity contribution is 7.89. The fourth-order valence-electron chi connectivity index (χ4n) is 4.98. The van der Waals surface area contributed by atoms with Crippen molar-refractivity contribution in [2.24, 2.45) is 0 Å². The number of rotatable bonds is 12. The minimum absolute atomic E-state index is 0.153. The van der Waals surface area contributed by atoms with E-state index in [1.54, 1.807) is 48.2 Å². The Morgan fingerprint density at radius 3 is 2.25 bits per heavy atom. The van der Waals surface area contributed by atoms with Crippen LogP contribution in [0.2, 0.25) is 5.02 Å². The summed E-state index contributed by atoms with van der Waals surface area (Å²) in [4.78, 5) is 30.6. The molecule has 2 aliphatic rings. The number of ether oxygens (including phenoxy) is 1. The van der Waals surface area contributed by atoms with E-state index in [4.69, 9.17) is 16.3 Å². The van der Waals surface area contributed by atoms with E-state index in [2.05, 4.69) is 10.2 Å². The van der Waals surface area contributed by atoms with Crippen molar-refractivity contribution >= 4 is 33.4 Å². The molecule has 1 N–H and O–H groups in total. The molecule has 40 heavy (non-hydrogen) atoms. The summed E-state index contributed by atoms with van der Waals surface area (Å²) in [5, 5.41) is 3.58. The van der Waals surface area contributed by atoms with Crippen LogP contribution in [-0.4, -0.2) is 92.9 Å². The maximum absolute atomic E-state index is 13.5. The number of sulfonamides is 1. The summed E-state index contributed by atoms with van der Waals surface area (Å²) in [6, 6.07) is 13.3. The third-order valence-electron chi connectivity index (χ3n) is 7.52. The number of aryl methyl sites for hydroxylation is 1. The fourth-order valence-corrected chi connectivity index (χ4v) is 6.62. The molecule has 4 rings (SSSR count). The average molecular weight is 591 g/mol. The minimum Gasteiger partial charge on any atom is -0.379 e. The van der Waals surface area contributed by atoms with Crippen LogP contribution in [-0.2, 0) is 37.3 Å². The van der Waals surface area contributed by atoms with Crippen molar-refractivity contribution in [3.8, 4) is 0 Å². The molecule has 2 aliphatic heterocycles. The van der Waals surface area contributed by atoms with E-state index in [1.807, 2.05) is 12.1 Å². The number of carbonyl (C=O) groups is 2. The lowest BCUT2D eigenvalue weighted by molar-refractivity contribution is -0.140. The Labute approximate surface area is 242 Å². The second-order valence-corrected chi connectivity index (χ2v) is 12.7.